The molecule has 0 bridgehead atoms. The summed E-state index contributed by atoms with van der Waals surface area (Å²) in [6.45, 7) is 3.98. The van der Waals surface area contributed by atoms with Gasteiger partial charge in [-0.1, -0.05) is 0 Å². The molecule has 2 heterocycles. The highest BCUT2D eigenvalue weighted by Gasteiger charge is 2.23. The van der Waals surface area contributed by atoms with Crippen LogP contribution in [0.5, 0.6) is 0 Å². The Kier molecular flexibility index (Phi) is 3.94. The Morgan fingerprint density at radius 2 is 1.91 bits per heavy atom. The molecule has 2 N–H and O–H groups in total. The highest BCUT2D eigenvalue weighted by molar-refractivity contribution is 5.96. The number of aryl methyl sites for hydroxylation is 1. The number of fused-ring (bicyclic) bond motifs is 1. The van der Waals surface area contributed by atoms with E-state index in [0.717, 1.165) is 11.6 Å². The van der Waals surface area contributed by atoms with Crippen molar-refractivity contribution in [1.29, 1.82) is 0 Å². The Hall–Kier alpha value is -2.57. The largest absolute Gasteiger partial charge is 0.363 e. The minimum Gasteiger partial charge on any atom is -0.363 e. The van der Waals surface area contributed by atoms with Crippen molar-refractivity contribution in [3.8, 4) is 0 Å². The van der Waals surface area contributed by atoms with Gasteiger partial charge in [-0.25, -0.2) is 18.7 Å². The zero-order chi connectivity index (χ0) is 16.6. The quantitative estimate of drug-likeness (QED) is 0.912. The molecule has 3 rings (SSSR count). The van der Waals surface area contributed by atoms with E-state index >= 15 is 0 Å². The number of nitrogens with one attached hydrogen (secondary N) is 2. The number of hydrogen-bond acceptors (Lipinski definition) is 4. The molecule has 120 valence electrons. The summed E-state index contributed by atoms with van der Waals surface area (Å²) in [5.41, 5.74) is 1.54. The van der Waals surface area contributed by atoms with Gasteiger partial charge in [-0.3, -0.25) is 4.79 Å². The monoisotopic (exact) mass is 318 g/mol. The number of aromatic nitrogens is 2. The van der Waals surface area contributed by atoms with Crippen LogP contribution in [-0.4, -0.2) is 22.4 Å². The minimum atomic E-state index is -0.631. The zero-order valence-electron chi connectivity index (χ0n) is 12.8. The SMILES string of the molecule is Cc1nc(NC(C)c2cc(F)cc(F)c2)c2c(n1)C(=O)NCC2. The molecular weight excluding hydrogens is 302 g/mol. The maximum atomic E-state index is 13.4. The predicted octanol–water partition coefficient (Wildman–Crippen LogP) is 2.52. The molecule has 0 radical (unpaired) electrons. The topological polar surface area (TPSA) is 66.9 Å². The first-order valence-corrected chi connectivity index (χ1v) is 7.32. The second kappa shape index (κ2) is 5.91. The van der Waals surface area contributed by atoms with Gasteiger partial charge in [0.25, 0.3) is 5.91 Å². The molecule has 1 aromatic carbocycles. The van der Waals surface area contributed by atoms with Crippen molar-refractivity contribution in [1.82, 2.24) is 15.3 Å². The first kappa shape index (κ1) is 15.3. The molecule has 1 aliphatic rings. The van der Waals surface area contributed by atoms with Gasteiger partial charge >= 0.3 is 0 Å². The van der Waals surface area contributed by atoms with Crippen molar-refractivity contribution in [3.63, 3.8) is 0 Å². The van der Waals surface area contributed by atoms with Gasteiger partial charge in [0.15, 0.2) is 0 Å². The van der Waals surface area contributed by atoms with Gasteiger partial charge < -0.3 is 10.6 Å². The van der Waals surface area contributed by atoms with Gasteiger partial charge in [0.1, 0.15) is 29.0 Å². The Balaban J connectivity index is 1.95. The third-order valence-corrected chi connectivity index (χ3v) is 3.73. The number of amides is 1. The normalized spacial score (nSPS) is 14.9. The molecule has 23 heavy (non-hydrogen) atoms. The molecule has 0 fully saturated rings. The Bertz CT molecular complexity index is 759. The summed E-state index contributed by atoms with van der Waals surface area (Å²) in [4.78, 5) is 20.4. The minimum absolute atomic E-state index is 0.232. The Morgan fingerprint density at radius 3 is 2.61 bits per heavy atom. The van der Waals surface area contributed by atoms with Crippen molar-refractivity contribution in [3.05, 3.63) is 52.5 Å². The van der Waals surface area contributed by atoms with Crippen molar-refractivity contribution < 1.29 is 13.6 Å². The van der Waals surface area contributed by atoms with E-state index in [2.05, 4.69) is 20.6 Å². The molecule has 1 aromatic heterocycles. The van der Waals surface area contributed by atoms with E-state index < -0.39 is 11.6 Å². The fourth-order valence-corrected chi connectivity index (χ4v) is 2.64. The van der Waals surface area contributed by atoms with Crippen LogP contribution in [0.4, 0.5) is 14.6 Å². The standard InChI is InChI=1S/C16H16F2N4O/c1-8(10-5-11(17)7-12(18)6-10)20-15-13-3-4-19-16(23)14(13)21-9(2)22-15/h5-8H,3-4H2,1-2H3,(H,19,23)(H,20,21,22). The van der Waals surface area contributed by atoms with Gasteiger partial charge in [0.05, 0.1) is 6.04 Å². The number of nitrogens with zero attached hydrogens (tertiary/aromatic N) is 2. The van der Waals surface area contributed by atoms with Crippen LogP contribution < -0.4 is 10.6 Å². The maximum absolute atomic E-state index is 13.4. The summed E-state index contributed by atoms with van der Waals surface area (Å²) in [5.74, 6) is -0.507. The third-order valence-electron chi connectivity index (χ3n) is 3.73. The number of carbonyl (C=O) groups is 1. The van der Waals surface area contributed by atoms with Crippen molar-refractivity contribution in [2.75, 3.05) is 11.9 Å². The summed E-state index contributed by atoms with van der Waals surface area (Å²) in [7, 11) is 0. The molecule has 2 aromatic rings. The van der Waals surface area contributed by atoms with E-state index in [0.29, 0.717) is 35.9 Å². The lowest BCUT2D eigenvalue weighted by Crippen LogP contribution is -2.34. The van der Waals surface area contributed by atoms with Crippen LogP contribution >= 0.6 is 0 Å². The second-order valence-corrected chi connectivity index (χ2v) is 5.52. The van der Waals surface area contributed by atoms with E-state index in [1.165, 1.54) is 12.1 Å². The van der Waals surface area contributed by atoms with E-state index in [1.807, 2.05) is 0 Å². The Labute approximate surface area is 132 Å². The van der Waals surface area contributed by atoms with Crippen molar-refractivity contribution in [2.24, 2.45) is 0 Å². The van der Waals surface area contributed by atoms with Crippen LogP contribution in [0, 0.1) is 18.6 Å². The highest BCUT2D eigenvalue weighted by atomic mass is 19.1. The lowest BCUT2D eigenvalue weighted by atomic mass is 10.0. The predicted molar refractivity (Wildman–Crippen MR) is 81.2 cm³/mol. The fraction of sp³-hybridized carbons (Fsp3) is 0.312. The summed E-state index contributed by atoms with van der Waals surface area (Å²) in [6.07, 6.45) is 0.605. The van der Waals surface area contributed by atoms with Gasteiger partial charge in [-0.05, 0) is 38.0 Å². The lowest BCUT2D eigenvalue weighted by Gasteiger charge is -2.22. The molecule has 1 atom stereocenters. The van der Waals surface area contributed by atoms with Gasteiger partial charge in [-0.15, -0.1) is 0 Å². The number of carbonyl (C=O) groups excluding carboxylic acids is 1. The lowest BCUT2D eigenvalue weighted by molar-refractivity contribution is 0.0940. The molecule has 1 unspecified atom stereocenters. The molecule has 1 aliphatic heterocycles. The van der Waals surface area contributed by atoms with Gasteiger partial charge in [-0.2, -0.15) is 0 Å². The number of halogens is 2. The zero-order valence-corrected chi connectivity index (χ0v) is 12.8. The molecule has 7 heteroatoms. The summed E-state index contributed by atoms with van der Waals surface area (Å²) >= 11 is 0. The van der Waals surface area contributed by atoms with E-state index in [-0.39, 0.29) is 11.9 Å². The third kappa shape index (κ3) is 3.13. The van der Waals surface area contributed by atoms with Crippen LogP contribution in [0.15, 0.2) is 18.2 Å². The first-order chi connectivity index (χ1) is 10.9. The number of rotatable bonds is 3. The molecule has 5 nitrogen and oxygen atoms in total. The summed E-state index contributed by atoms with van der Waals surface area (Å²) < 4.78 is 26.7. The van der Waals surface area contributed by atoms with E-state index in [1.54, 1.807) is 13.8 Å². The molecular formula is C16H16F2N4O. The first-order valence-electron chi connectivity index (χ1n) is 7.32. The highest BCUT2D eigenvalue weighted by Crippen LogP contribution is 2.25. The number of anilines is 1. The average Bonchev–Trinajstić information content (AvgIpc) is 2.47. The number of benzene rings is 1. The van der Waals surface area contributed by atoms with E-state index in [4.69, 9.17) is 0 Å². The van der Waals surface area contributed by atoms with Crippen molar-refractivity contribution >= 4 is 11.7 Å². The Morgan fingerprint density at radius 1 is 1.22 bits per heavy atom. The van der Waals surface area contributed by atoms with Gasteiger partial charge in [0, 0.05) is 18.2 Å². The molecule has 0 spiro atoms. The fourth-order valence-electron chi connectivity index (χ4n) is 2.64. The van der Waals surface area contributed by atoms with Crippen LogP contribution in [0.3, 0.4) is 0 Å². The molecule has 0 aliphatic carbocycles. The van der Waals surface area contributed by atoms with Crippen molar-refractivity contribution in [2.45, 2.75) is 26.3 Å². The second-order valence-electron chi connectivity index (χ2n) is 5.52. The van der Waals surface area contributed by atoms with Crippen LogP contribution in [0.1, 0.15) is 40.4 Å². The van der Waals surface area contributed by atoms with E-state index in [9.17, 15) is 13.6 Å². The van der Waals surface area contributed by atoms with Crippen LogP contribution in [0.25, 0.3) is 0 Å². The summed E-state index contributed by atoms with van der Waals surface area (Å²) in [5, 5.41) is 5.87. The number of hydrogen-bond donors (Lipinski definition) is 2. The smallest absolute Gasteiger partial charge is 0.270 e. The maximum Gasteiger partial charge on any atom is 0.270 e. The molecule has 0 saturated carbocycles. The van der Waals surface area contributed by atoms with Gasteiger partial charge in [0.2, 0.25) is 0 Å². The van der Waals surface area contributed by atoms with Crippen LogP contribution in [-0.2, 0) is 6.42 Å². The average molecular weight is 318 g/mol. The van der Waals surface area contributed by atoms with Crippen LogP contribution in [0.2, 0.25) is 0 Å². The molecule has 0 saturated heterocycles. The molecule has 1 amide bonds. The summed E-state index contributed by atoms with van der Waals surface area (Å²) in [6, 6.07) is 3.00.